The molecule has 0 saturated heterocycles. The summed E-state index contributed by atoms with van der Waals surface area (Å²) < 4.78 is 4.00. The largest absolute Gasteiger partial charge is 0.378 e. The van der Waals surface area contributed by atoms with Gasteiger partial charge in [-0.3, -0.25) is 4.68 Å². The minimum absolute atomic E-state index is 0.847. The lowest BCUT2D eigenvalue weighted by Crippen LogP contribution is -1.98. The molecular weight excluding hydrogens is 200 g/mol. The van der Waals surface area contributed by atoms with Crippen LogP contribution in [-0.2, 0) is 20.1 Å². The normalized spacial score (nSPS) is 10.7. The summed E-state index contributed by atoms with van der Waals surface area (Å²) in [6, 6.07) is 2.14. The molecule has 4 heteroatoms. The summed E-state index contributed by atoms with van der Waals surface area (Å²) in [4.78, 5) is 0. The first-order chi connectivity index (χ1) is 7.69. The lowest BCUT2D eigenvalue weighted by atomic mass is 10.3. The zero-order chi connectivity index (χ0) is 11.5. The second-order valence-electron chi connectivity index (χ2n) is 4.01. The van der Waals surface area contributed by atoms with E-state index in [0.717, 1.165) is 24.5 Å². The molecule has 0 unspecified atom stereocenters. The third-order valence-corrected chi connectivity index (χ3v) is 2.67. The molecule has 1 N–H and O–H groups in total. The van der Waals surface area contributed by atoms with Crippen LogP contribution in [0.4, 0.5) is 5.69 Å². The Bertz CT molecular complexity index is 467. The topological polar surface area (TPSA) is 34.8 Å². The van der Waals surface area contributed by atoms with Crippen LogP contribution < -0.4 is 5.32 Å². The maximum atomic E-state index is 4.29. The van der Waals surface area contributed by atoms with Gasteiger partial charge in [0.15, 0.2) is 0 Å². The number of anilines is 1. The lowest BCUT2D eigenvalue weighted by Gasteiger charge is -2.02. The van der Waals surface area contributed by atoms with Crippen molar-refractivity contribution in [2.75, 3.05) is 5.32 Å². The van der Waals surface area contributed by atoms with Gasteiger partial charge < -0.3 is 9.88 Å². The number of rotatable bonds is 4. The number of hydrogen-bond acceptors (Lipinski definition) is 2. The van der Waals surface area contributed by atoms with Gasteiger partial charge in [0.1, 0.15) is 0 Å². The molecule has 0 bridgehead atoms. The molecule has 0 aliphatic rings. The van der Waals surface area contributed by atoms with Crippen LogP contribution in [0.15, 0.2) is 24.7 Å². The van der Waals surface area contributed by atoms with Gasteiger partial charge in [-0.1, -0.05) is 0 Å². The van der Waals surface area contributed by atoms with Crippen LogP contribution in [0, 0.1) is 6.92 Å². The van der Waals surface area contributed by atoms with Crippen molar-refractivity contribution in [3.05, 3.63) is 35.9 Å². The smallest absolute Gasteiger partial charge is 0.0825 e. The summed E-state index contributed by atoms with van der Waals surface area (Å²) in [5, 5.41) is 7.68. The third kappa shape index (κ3) is 2.27. The zero-order valence-corrected chi connectivity index (χ0v) is 10.1. The van der Waals surface area contributed by atoms with E-state index in [4.69, 9.17) is 0 Å². The lowest BCUT2D eigenvalue weighted by molar-refractivity contribution is 0.756. The minimum atomic E-state index is 0.847. The Morgan fingerprint density at radius 1 is 1.38 bits per heavy atom. The van der Waals surface area contributed by atoms with Gasteiger partial charge in [-0.05, 0) is 25.5 Å². The Morgan fingerprint density at radius 2 is 2.19 bits per heavy atom. The van der Waals surface area contributed by atoms with Gasteiger partial charge in [0.05, 0.1) is 11.4 Å². The van der Waals surface area contributed by atoms with Crippen LogP contribution >= 0.6 is 0 Å². The molecule has 0 aliphatic heterocycles. The van der Waals surface area contributed by atoms with Crippen molar-refractivity contribution in [1.29, 1.82) is 0 Å². The highest BCUT2D eigenvalue weighted by Crippen LogP contribution is 2.13. The number of aromatic nitrogens is 3. The molecule has 0 saturated carbocycles. The van der Waals surface area contributed by atoms with Crippen molar-refractivity contribution < 1.29 is 0 Å². The van der Waals surface area contributed by atoms with Crippen LogP contribution in [0.3, 0.4) is 0 Å². The monoisotopic (exact) mass is 218 g/mol. The molecule has 0 spiro atoms. The van der Waals surface area contributed by atoms with Gasteiger partial charge >= 0.3 is 0 Å². The quantitative estimate of drug-likeness (QED) is 0.853. The molecular formula is C12H18N4. The van der Waals surface area contributed by atoms with E-state index in [-0.39, 0.29) is 0 Å². The summed E-state index contributed by atoms with van der Waals surface area (Å²) in [6.07, 6.45) is 6.28. The van der Waals surface area contributed by atoms with Crippen molar-refractivity contribution in [2.24, 2.45) is 7.05 Å². The number of nitrogens with one attached hydrogen (secondary N) is 1. The number of nitrogens with zero attached hydrogens (tertiary/aromatic N) is 3. The van der Waals surface area contributed by atoms with Crippen LogP contribution in [0.2, 0.25) is 0 Å². The third-order valence-electron chi connectivity index (χ3n) is 2.67. The predicted octanol–water partition coefficient (Wildman–Crippen LogP) is 2.16. The Balaban J connectivity index is 1.99. The van der Waals surface area contributed by atoms with Crippen molar-refractivity contribution in [1.82, 2.24) is 14.3 Å². The summed E-state index contributed by atoms with van der Waals surface area (Å²) >= 11 is 0. The van der Waals surface area contributed by atoms with Crippen LogP contribution in [0.5, 0.6) is 0 Å². The molecule has 0 atom stereocenters. The molecule has 0 aliphatic carbocycles. The summed E-state index contributed by atoms with van der Waals surface area (Å²) in [5.41, 5.74) is 3.44. The van der Waals surface area contributed by atoms with E-state index < -0.39 is 0 Å². The fourth-order valence-corrected chi connectivity index (χ4v) is 1.76. The molecule has 2 heterocycles. The SMILES string of the molecule is CCn1ccc(CNc2cn(C)nc2C)c1. The van der Waals surface area contributed by atoms with E-state index in [1.807, 2.05) is 24.9 Å². The van der Waals surface area contributed by atoms with Gasteiger partial charge in [-0.25, -0.2) is 0 Å². The highest BCUT2D eigenvalue weighted by molar-refractivity contribution is 5.45. The summed E-state index contributed by atoms with van der Waals surface area (Å²) in [6.45, 7) is 6.02. The standard InChI is InChI=1S/C12H18N4/c1-4-16-6-5-11(8-16)7-13-12-9-15(3)14-10(12)2/h5-6,8-9,13H,4,7H2,1-3H3. The highest BCUT2D eigenvalue weighted by atomic mass is 15.3. The maximum Gasteiger partial charge on any atom is 0.0825 e. The fourth-order valence-electron chi connectivity index (χ4n) is 1.76. The van der Waals surface area contributed by atoms with E-state index >= 15 is 0 Å². The summed E-state index contributed by atoms with van der Waals surface area (Å²) in [5.74, 6) is 0. The molecule has 2 rings (SSSR count). The molecule has 86 valence electrons. The summed E-state index contributed by atoms with van der Waals surface area (Å²) in [7, 11) is 1.94. The molecule has 0 amide bonds. The first-order valence-electron chi connectivity index (χ1n) is 5.58. The van der Waals surface area contributed by atoms with Crippen LogP contribution in [0.25, 0.3) is 0 Å². The number of aryl methyl sites for hydroxylation is 3. The molecule has 2 aromatic heterocycles. The van der Waals surface area contributed by atoms with Crippen molar-refractivity contribution >= 4 is 5.69 Å². The predicted molar refractivity (Wildman–Crippen MR) is 65.4 cm³/mol. The Morgan fingerprint density at radius 3 is 2.75 bits per heavy atom. The van der Waals surface area contributed by atoms with E-state index in [2.05, 4.69) is 40.4 Å². The van der Waals surface area contributed by atoms with Gasteiger partial charge in [0.25, 0.3) is 0 Å². The van der Waals surface area contributed by atoms with Crippen molar-refractivity contribution in [3.8, 4) is 0 Å². The van der Waals surface area contributed by atoms with Crippen LogP contribution in [0.1, 0.15) is 18.2 Å². The van der Waals surface area contributed by atoms with Crippen LogP contribution in [-0.4, -0.2) is 14.3 Å². The molecule has 4 nitrogen and oxygen atoms in total. The number of hydrogen-bond donors (Lipinski definition) is 1. The van der Waals surface area contributed by atoms with E-state index in [1.165, 1.54) is 5.56 Å². The second kappa shape index (κ2) is 4.43. The average molecular weight is 218 g/mol. The molecule has 0 aromatic carbocycles. The average Bonchev–Trinajstić information content (AvgIpc) is 2.82. The molecule has 2 aromatic rings. The van der Waals surface area contributed by atoms with Gasteiger partial charge in [-0.2, -0.15) is 5.10 Å². The highest BCUT2D eigenvalue weighted by Gasteiger charge is 2.02. The van der Waals surface area contributed by atoms with E-state index in [9.17, 15) is 0 Å². The minimum Gasteiger partial charge on any atom is -0.378 e. The van der Waals surface area contributed by atoms with Crippen molar-refractivity contribution in [2.45, 2.75) is 26.9 Å². The fraction of sp³-hybridized carbons (Fsp3) is 0.417. The molecule has 0 radical (unpaired) electrons. The Labute approximate surface area is 95.9 Å². The van der Waals surface area contributed by atoms with Gasteiger partial charge in [-0.15, -0.1) is 0 Å². The van der Waals surface area contributed by atoms with Gasteiger partial charge in [0.2, 0.25) is 0 Å². The molecule has 0 fully saturated rings. The Kier molecular flexibility index (Phi) is 2.99. The molecule has 16 heavy (non-hydrogen) atoms. The first-order valence-corrected chi connectivity index (χ1v) is 5.58. The van der Waals surface area contributed by atoms with E-state index in [0.29, 0.717) is 0 Å². The van der Waals surface area contributed by atoms with E-state index in [1.54, 1.807) is 0 Å². The first kappa shape index (κ1) is 10.8. The Hall–Kier alpha value is -1.71. The van der Waals surface area contributed by atoms with Crippen molar-refractivity contribution in [3.63, 3.8) is 0 Å². The maximum absolute atomic E-state index is 4.29. The second-order valence-corrected chi connectivity index (χ2v) is 4.01. The van der Waals surface area contributed by atoms with Gasteiger partial charge in [0, 0.05) is 38.7 Å². The zero-order valence-electron chi connectivity index (χ0n) is 10.1.